The summed E-state index contributed by atoms with van der Waals surface area (Å²) < 4.78 is 5.40. The number of carbonyl (C=O) groups is 1. The molecule has 3 saturated carbocycles. The van der Waals surface area contributed by atoms with Crippen molar-refractivity contribution in [3.05, 3.63) is 35.9 Å². The smallest absolute Gasteiger partial charge is 0.410 e. The van der Waals surface area contributed by atoms with Gasteiger partial charge in [0.2, 0.25) is 0 Å². The summed E-state index contributed by atoms with van der Waals surface area (Å²) in [5.41, 5.74) is 7.68. The van der Waals surface area contributed by atoms with Gasteiger partial charge in [0.15, 0.2) is 0 Å². The molecule has 1 aromatic carbocycles. The summed E-state index contributed by atoms with van der Waals surface area (Å²) in [7, 11) is 0. The van der Waals surface area contributed by atoms with Gasteiger partial charge in [-0.2, -0.15) is 0 Å². The zero-order chi connectivity index (χ0) is 15.2. The third kappa shape index (κ3) is 2.29. The molecule has 0 radical (unpaired) electrons. The third-order valence-electron chi connectivity index (χ3n) is 5.46. The number of ether oxygens (including phenoxy) is 1. The summed E-state index contributed by atoms with van der Waals surface area (Å²) in [6.45, 7) is 3.74. The van der Waals surface area contributed by atoms with Crippen LogP contribution in [-0.4, -0.2) is 53.1 Å². The van der Waals surface area contributed by atoms with Gasteiger partial charge in [0, 0.05) is 37.3 Å². The van der Waals surface area contributed by atoms with Gasteiger partial charge in [0.25, 0.3) is 0 Å². The third-order valence-corrected chi connectivity index (χ3v) is 5.46. The Hall–Kier alpha value is -1.59. The number of nitrogens with two attached hydrogens (primary N) is 1. The molecule has 1 saturated heterocycles. The maximum atomic E-state index is 12.1. The molecule has 4 fully saturated rings. The van der Waals surface area contributed by atoms with E-state index in [-0.39, 0.29) is 11.6 Å². The molecule has 2 N–H and O–H groups in total. The molecule has 22 heavy (non-hydrogen) atoms. The van der Waals surface area contributed by atoms with Gasteiger partial charge in [0.1, 0.15) is 6.61 Å². The topological polar surface area (TPSA) is 58.8 Å². The van der Waals surface area contributed by atoms with Crippen LogP contribution < -0.4 is 5.73 Å². The number of amides is 1. The Balaban J connectivity index is 1.24. The molecule has 1 amide bonds. The van der Waals surface area contributed by atoms with E-state index in [1.54, 1.807) is 0 Å². The van der Waals surface area contributed by atoms with E-state index in [1.807, 2.05) is 35.2 Å². The second-order valence-electron chi connectivity index (χ2n) is 7.13. The van der Waals surface area contributed by atoms with Crippen LogP contribution in [0.2, 0.25) is 0 Å². The molecule has 3 aliphatic carbocycles. The fraction of sp³-hybridized carbons (Fsp3) is 0.588. The molecule has 1 aromatic rings. The first kappa shape index (κ1) is 14.0. The number of rotatable bonds is 3. The van der Waals surface area contributed by atoms with E-state index in [9.17, 15) is 4.79 Å². The maximum Gasteiger partial charge on any atom is 0.410 e. The largest absolute Gasteiger partial charge is 0.445 e. The van der Waals surface area contributed by atoms with Gasteiger partial charge in [0.05, 0.1) is 0 Å². The van der Waals surface area contributed by atoms with Gasteiger partial charge in [-0.25, -0.2) is 4.79 Å². The quantitative estimate of drug-likeness (QED) is 0.921. The van der Waals surface area contributed by atoms with Crippen molar-refractivity contribution in [3.63, 3.8) is 0 Å². The molecular weight excluding hydrogens is 278 g/mol. The molecule has 0 spiro atoms. The molecule has 0 aromatic heterocycles. The van der Waals surface area contributed by atoms with Crippen molar-refractivity contribution in [2.75, 3.05) is 26.2 Å². The molecule has 1 aliphatic heterocycles. The predicted molar refractivity (Wildman–Crippen MR) is 83.3 cm³/mol. The molecular formula is C17H23N3O2. The number of nitrogens with zero attached hydrogens (tertiary/aromatic N) is 2. The fourth-order valence-corrected chi connectivity index (χ4v) is 4.32. The van der Waals surface area contributed by atoms with E-state index in [1.165, 1.54) is 0 Å². The average molecular weight is 301 g/mol. The second-order valence-corrected chi connectivity index (χ2v) is 7.13. The van der Waals surface area contributed by atoms with Crippen LogP contribution in [0, 0.1) is 0 Å². The lowest BCUT2D eigenvalue weighted by Crippen LogP contribution is -2.83. The highest BCUT2D eigenvalue weighted by molar-refractivity contribution is 5.67. The highest BCUT2D eigenvalue weighted by Crippen LogP contribution is 2.62. The van der Waals surface area contributed by atoms with E-state index in [2.05, 4.69) is 4.90 Å². The van der Waals surface area contributed by atoms with E-state index in [0.717, 1.165) is 51.0 Å². The Kier molecular flexibility index (Phi) is 3.16. The van der Waals surface area contributed by atoms with E-state index >= 15 is 0 Å². The molecule has 2 bridgehead atoms. The van der Waals surface area contributed by atoms with E-state index in [4.69, 9.17) is 10.5 Å². The van der Waals surface area contributed by atoms with Crippen LogP contribution in [0.15, 0.2) is 30.3 Å². The highest BCUT2D eigenvalue weighted by Gasteiger charge is 2.68. The fourth-order valence-electron chi connectivity index (χ4n) is 4.32. The van der Waals surface area contributed by atoms with Gasteiger partial charge < -0.3 is 15.4 Å². The monoisotopic (exact) mass is 301 g/mol. The Morgan fingerprint density at radius 1 is 1.09 bits per heavy atom. The van der Waals surface area contributed by atoms with Gasteiger partial charge >= 0.3 is 6.09 Å². The van der Waals surface area contributed by atoms with Crippen molar-refractivity contribution < 1.29 is 9.53 Å². The van der Waals surface area contributed by atoms with Gasteiger partial charge in [-0.1, -0.05) is 30.3 Å². The first-order valence-electron chi connectivity index (χ1n) is 8.08. The Bertz CT molecular complexity index is 547. The van der Waals surface area contributed by atoms with Crippen LogP contribution in [0.25, 0.3) is 0 Å². The summed E-state index contributed by atoms with van der Waals surface area (Å²) in [6.07, 6.45) is 3.21. The van der Waals surface area contributed by atoms with E-state index < -0.39 is 0 Å². The van der Waals surface area contributed by atoms with Crippen molar-refractivity contribution in [1.29, 1.82) is 0 Å². The van der Waals surface area contributed by atoms with Crippen LogP contribution in [0.1, 0.15) is 24.8 Å². The average Bonchev–Trinajstić information content (AvgIpc) is 2.50. The zero-order valence-corrected chi connectivity index (χ0v) is 12.8. The van der Waals surface area contributed by atoms with Crippen molar-refractivity contribution in [1.82, 2.24) is 9.80 Å². The minimum atomic E-state index is -0.198. The van der Waals surface area contributed by atoms with Crippen molar-refractivity contribution in [3.8, 4) is 0 Å². The minimum Gasteiger partial charge on any atom is -0.445 e. The summed E-state index contributed by atoms with van der Waals surface area (Å²) in [6, 6.07) is 9.81. The second kappa shape index (κ2) is 4.96. The maximum absolute atomic E-state index is 12.1. The zero-order valence-electron chi connectivity index (χ0n) is 12.8. The summed E-state index contributed by atoms with van der Waals surface area (Å²) in [5.74, 6) is 0. The minimum absolute atomic E-state index is 0.145. The molecule has 5 rings (SSSR count). The highest BCUT2D eigenvalue weighted by atomic mass is 16.6. The van der Waals surface area contributed by atoms with E-state index in [0.29, 0.717) is 12.1 Å². The first-order chi connectivity index (χ1) is 10.6. The lowest BCUT2D eigenvalue weighted by atomic mass is 9.44. The predicted octanol–water partition coefficient (Wildman–Crippen LogP) is 1.57. The molecule has 1 heterocycles. The van der Waals surface area contributed by atoms with Gasteiger partial charge in [-0.3, -0.25) is 4.90 Å². The molecule has 5 nitrogen and oxygen atoms in total. The lowest BCUT2D eigenvalue weighted by molar-refractivity contribution is -0.170. The summed E-state index contributed by atoms with van der Waals surface area (Å²) >= 11 is 0. The van der Waals surface area contributed by atoms with Gasteiger partial charge in [-0.15, -0.1) is 0 Å². The normalized spacial score (nSPS) is 33.8. The van der Waals surface area contributed by atoms with Crippen molar-refractivity contribution >= 4 is 6.09 Å². The standard InChI is InChI=1S/C17H23N3O2/c18-16-11-17(12-16,13-16)20-8-6-19(7-9-20)15(21)22-10-14-4-2-1-3-5-14/h1-5H,6-13,18H2. The molecule has 5 heteroatoms. The van der Waals surface area contributed by atoms with Crippen LogP contribution in [0.3, 0.4) is 0 Å². The Labute approximate surface area is 131 Å². The van der Waals surface area contributed by atoms with Crippen LogP contribution in [-0.2, 0) is 11.3 Å². The molecule has 0 unspecified atom stereocenters. The summed E-state index contributed by atoms with van der Waals surface area (Å²) in [4.78, 5) is 16.5. The number of carbonyl (C=O) groups excluding carboxylic acids is 1. The SMILES string of the molecule is NC12CC(N3CCN(C(=O)OCc4ccccc4)CC3)(C1)C2. The molecule has 0 atom stereocenters. The van der Waals surface area contributed by atoms with Crippen LogP contribution >= 0.6 is 0 Å². The number of hydrogen-bond acceptors (Lipinski definition) is 4. The Morgan fingerprint density at radius 2 is 1.73 bits per heavy atom. The number of piperazine rings is 1. The number of hydrogen-bond donors (Lipinski definition) is 1. The molecule has 118 valence electrons. The molecule has 4 aliphatic rings. The summed E-state index contributed by atoms with van der Waals surface area (Å²) in [5, 5.41) is 0. The van der Waals surface area contributed by atoms with Crippen LogP contribution in [0.5, 0.6) is 0 Å². The Morgan fingerprint density at radius 3 is 2.32 bits per heavy atom. The van der Waals surface area contributed by atoms with Crippen LogP contribution in [0.4, 0.5) is 4.79 Å². The number of benzene rings is 1. The van der Waals surface area contributed by atoms with Gasteiger partial charge in [-0.05, 0) is 24.8 Å². The van der Waals surface area contributed by atoms with Crippen molar-refractivity contribution in [2.24, 2.45) is 5.73 Å². The lowest BCUT2D eigenvalue weighted by Gasteiger charge is -2.73. The van der Waals surface area contributed by atoms with Crippen molar-refractivity contribution in [2.45, 2.75) is 36.9 Å². The first-order valence-corrected chi connectivity index (χ1v) is 8.08.